The van der Waals surface area contributed by atoms with E-state index in [1.807, 2.05) is 0 Å². The van der Waals surface area contributed by atoms with E-state index in [1.165, 1.54) is 13.1 Å². The highest BCUT2D eigenvalue weighted by Gasteiger charge is 2.02. The van der Waals surface area contributed by atoms with Gasteiger partial charge in [0.2, 0.25) is 0 Å². The Morgan fingerprint density at radius 2 is 2.25 bits per heavy atom. The first-order valence-electron chi connectivity index (χ1n) is 3.88. The van der Waals surface area contributed by atoms with Gasteiger partial charge in [-0.2, -0.15) is 0 Å². The van der Waals surface area contributed by atoms with Gasteiger partial charge in [0.05, 0.1) is 3.79 Å². The lowest BCUT2D eigenvalue weighted by Crippen LogP contribution is -2.15. The lowest BCUT2D eigenvalue weighted by Gasteiger charge is -1.97. The summed E-state index contributed by atoms with van der Waals surface area (Å²) < 4.78 is 2.35. The van der Waals surface area contributed by atoms with E-state index in [4.69, 9.17) is 0 Å². The molecule has 0 unspecified atom stereocenters. The van der Waals surface area contributed by atoms with Crippen LogP contribution in [-0.4, -0.2) is 13.1 Å². The third-order valence-electron chi connectivity index (χ3n) is 1.49. The molecule has 0 bridgehead atoms. The predicted molar refractivity (Wildman–Crippen MR) is 62.0 cm³/mol. The highest BCUT2D eigenvalue weighted by molar-refractivity contribution is 9.13. The van der Waals surface area contributed by atoms with Gasteiger partial charge in [-0.3, -0.25) is 0 Å². The molecule has 1 nitrogen and oxygen atoms in total. The lowest BCUT2D eigenvalue weighted by atomic mass is 10.3. The molecule has 0 aliphatic heterocycles. The number of hydrogen-bond acceptors (Lipinski definition) is 2. The second-order valence-corrected chi connectivity index (χ2v) is 5.75. The van der Waals surface area contributed by atoms with Crippen LogP contribution in [0.4, 0.5) is 0 Å². The first kappa shape index (κ1) is 10.7. The van der Waals surface area contributed by atoms with Gasteiger partial charge in [-0.15, -0.1) is 11.3 Å². The number of rotatable bonds is 4. The van der Waals surface area contributed by atoms with Gasteiger partial charge in [0.1, 0.15) is 0 Å². The van der Waals surface area contributed by atoms with Gasteiger partial charge in [-0.25, -0.2) is 0 Å². The Hall–Kier alpha value is 0.620. The van der Waals surface area contributed by atoms with Crippen molar-refractivity contribution in [1.82, 2.24) is 5.32 Å². The van der Waals surface area contributed by atoms with Gasteiger partial charge in [0.25, 0.3) is 0 Å². The molecule has 0 saturated heterocycles. The molecule has 1 heterocycles. The summed E-state index contributed by atoms with van der Waals surface area (Å²) in [5.74, 6) is 0. The molecule has 0 atom stereocenters. The van der Waals surface area contributed by atoms with Crippen LogP contribution < -0.4 is 5.32 Å². The lowest BCUT2D eigenvalue weighted by molar-refractivity contribution is 0.721. The Labute approximate surface area is 93.8 Å². The molecular weight excluding hydrogens is 302 g/mol. The zero-order chi connectivity index (χ0) is 8.97. The third kappa shape index (κ3) is 3.17. The van der Waals surface area contributed by atoms with E-state index in [2.05, 4.69) is 50.2 Å². The van der Waals surface area contributed by atoms with Gasteiger partial charge < -0.3 is 5.32 Å². The van der Waals surface area contributed by atoms with Crippen LogP contribution in [0.1, 0.15) is 11.8 Å². The number of hydrogen-bond donors (Lipinski definition) is 1. The minimum absolute atomic E-state index is 1.05. The average molecular weight is 313 g/mol. The number of nitrogens with one attached hydrogen (secondary N) is 1. The van der Waals surface area contributed by atoms with Gasteiger partial charge in [-0.05, 0) is 57.4 Å². The SMILES string of the molecule is CCNCCc1cc(Br)c(Br)s1. The second-order valence-electron chi connectivity index (χ2n) is 2.44. The number of likely N-dealkylation sites (N-methyl/N-ethyl adjacent to an activating group) is 1. The molecule has 0 spiro atoms. The van der Waals surface area contributed by atoms with E-state index in [0.717, 1.165) is 19.5 Å². The average Bonchev–Trinajstić information content (AvgIpc) is 2.32. The third-order valence-corrected chi connectivity index (χ3v) is 4.81. The largest absolute Gasteiger partial charge is 0.317 e. The number of thiophene rings is 1. The fourth-order valence-corrected chi connectivity index (χ4v) is 3.08. The highest BCUT2D eigenvalue weighted by Crippen LogP contribution is 2.32. The Morgan fingerprint density at radius 1 is 1.50 bits per heavy atom. The summed E-state index contributed by atoms with van der Waals surface area (Å²) in [7, 11) is 0. The fraction of sp³-hybridized carbons (Fsp3) is 0.500. The monoisotopic (exact) mass is 311 g/mol. The molecule has 12 heavy (non-hydrogen) atoms. The molecule has 0 aliphatic rings. The molecule has 0 radical (unpaired) electrons. The topological polar surface area (TPSA) is 12.0 Å². The van der Waals surface area contributed by atoms with Crippen molar-refractivity contribution < 1.29 is 0 Å². The van der Waals surface area contributed by atoms with Crippen molar-refractivity contribution in [3.05, 3.63) is 19.2 Å². The van der Waals surface area contributed by atoms with Crippen molar-refractivity contribution in [1.29, 1.82) is 0 Å². The first-order valence-corrected chi connectivity index (χ1v) is 6.28. The molecule has 1 rings (SSSR count). The standard InChI is InChI=1S/C8H11Br2NS/c1-2-11-4-3-6-5-7(9)8(10)12-6/h5,11H,2-4H2,1H3. The van der Waals surface area contributed by atoms with Crippen molar-refractivity contribution in [2.75, 3.05) is 13.1 Å². The molecule has 1 aromatic rings. The van der Waals surface area contributed by atoms with Crippen LogP contribution >= 0.6 is 43.2 Å². The van der Waals surface area contributed by atoms with E-state index in [9.17, 15) is 0 Å². The molecule has 0 saturated carbocycles. The number of halogens is 2. The van der Waals surface area contributed by atoms with Crippen molar-refractivity contribution in [2.24, 2.45) is 0 Å². The summed E-state index contributed by atoms with van der Waals surface area (Å²) in [5.41, 5.74) is 0. The van der Waals surface area contributed by atoms with Gasteiger partial charge in [0, 0.05) is 9.35 Å². The summed E-state index contributed by atoms with van der Waals surface area (Å²) in [5, 5.41) is 3.30. The van der Waals surface area contributed by atoms with E-state index in [-0.39, 0.29) is 0 Å². The van der Waals surface area contributed by atoms with Gasteiger partial charge >= 0.3 is 0 Å². The Kier molecular flexibility index (Phi) is 4.79. The Balaban J connectivity index is 2.42. The molecule has 68 valence electrons. The molecule has 4 heteroatoms. The zero-order valence-corrected chi connectivity index (χ0v) is 10.9. The maximum absolute atomic E-state index is 3.48. The summed E-state index contributed by atoms with van der Waals surface area (Å²) in [6.07, 6.45) is 1.11. The van der Waals surface area contributed by atoms with Crippen molar-refractivity contribution in [3.8, 4) is 0 Å². The van der Waals surface area contributed by atoms with E-state index in [1.54, 1.807) is 11.3 Å². The fourth-order valence-electron chi connectivity index (χ4n) is 0.903. The van der Waals surface area contributed by atoms with Gasteiger partial charge in [0.15, 0.2) is 0 Å². The quantitative estimate of drug-likeness (QED) is 0.840. The van der Waals surface area contributed by atoms with E-state index >= 15 is 0 Å². The molecule has 0 fully saturated rings. The van der Waals surface area contributed by atoms with Crippen LogP contribution in [0.25, 0.3) is 0 Å². The van der Waals surface area contributed by atoms with Crippen LogP contribution in [0.15, 0.2) is 14.3 Å². The molecule has 1 N–H and O–H groups in total. The molecular formula is C8H11Br2NS. The van der Waals surface area contributed by atoms with Crippen LogP contribution in [0.5, 0.6) is 0 Å². The van der Waals surface area contributed by atoms with Crippen molar-refractivity contribution in [3.63, 3.8) is 0 Å². The van der Waals surface area contributed by atoms with Crippen LogP contribution in [-0.2, 0) is 6.42 Å². The van der Waals surface area contributed by atoms with Crippen LogP contribution in [0, 0.1) is 0 Å². The van der Waals surface area contributed by atoms with Gasteiger partial charge in [-0.1, -0.05) is 6.92 Å². The minimum atomic E-state index is 1.05. The Morgan fingerprint density at radius 3 is 2.75 bits per heavy atom. The summed E-state index contributed by atoms with van der Waals surface area (Å²) in [6.45, 7) is 4.24. The maximum Gasteiger partial charge on any atom is 0.0843 e. The molecule has 1 aromatic heterocycles. The molecule has 0 aliphatic carbocycles. The predicted octanol–water partition coefficient (Wildman–Crippen LogP) is 3.43. The summed E-state index contributed by atoms with van der Waals surface area (Å²) in [6, 6.07) is 2.17. The van der Waals surface area contributed by atoms with E-state index in [0.29, 0.717) is 0 Å². The van der Waals surface area contributed by atoms with Crippen LogP contribution in [0.2, 0.25) is 0 Å². The Bertz CT molecular complexity index is 228. The van der Waals surface area contributed by atoms with E-state index < -0.39 is 0 Å². The molecule has 0 amide bonds. The normalized spacial score (nSPS) is 10.6. The second kappa shape index (κ2) is 5.37. The first-order chi connectivity index (χ1) is 5.74. The highest BCUT2D eigenvalue weighted by atomic mass is 79.9. The van der Waals surface area contributed by atoms with Crippen molar-refractivity contribution in [2.45, 2.75) is 13.3 Å². The smallest absolute Gasteiger partial charge is 0.0843 e. The van der Waals surface area contributed by atoms with Crippen molar-refractivity contribution >= 4 is 43.2 Å². The van der Waals surface area contributed by atoms with Crippen LogP contribution in [0.3, 0.4) is 0 Å². The minimum Gasteiger partial charge on any atom is -0.317 e. The zero-order valence-electron chi connectivity index (χ0n) is 6.86. The summed E-state index contributed by atoms with van der Waals surface area (Å²) in [4.78, 5) is 1.41. The molecule has 0 aromatic carbocycles. The summed E-state index contributed by atoms with van der Waals surface area (Å²) >= 11 is 8.74. The maximum atomic E-state index is 3.48.